The molecule has 0 saturated carbocycles. The summed E-state index contributed by atoms with van der Waals surface area (Å²) in [5.74, 6) is 0. The molecule has 7 heteroatoms. The second-order valence-corrected chi connectivity index (χ2v) is 8.50. The van der Waals surface area contributed by atoms with Crippen molar-refractivity contribution in [3.8, 4) is 0 Å². The zero-order valence-corrected chi connectivity index (χ0v) is 11.2. The van der Waals surface area contributed by atoms with E-state index in [4.69, 9.17) is 0 Å². The van der Waals surface area contributed by atoms with E-state index in [1.54, 1.807) is 56.3 Å². The summed E-state index contributed by atoms with van der Waals surface area (Å²) in [4.78, 5) is 0. The fourth-order valence-corrected chi connectivity index (χ4v) is 6.01. The number of halogens is 1. The van der Waals surface area contributed by atoms with Crippen LogP contribution in [0.15, 0.2) is 4.52 Å². The molecule has 0 aliphatic rings. The topological polar surface area (TPSA) is 22.1 Å². The van der Waals surface area contributed by atoms with Crippen LogP contribution in [0.5, 0.6) is 0 Å². The van der Waals surface area contributed by atoms with Crippen molar-refractivity contribution in [1.29, 1.82) is 0 Å². The van der Waals surface area contributed by atoms with E-state index in [0.717, 1.165) is 0 Å². The Kier molecular flexibility index (Phi) is 3.94. The van der Waals surface area contributed by atoms with E-state index < -0.39 is 7.52 Å². The molecule has 13 heavy (non-hydrogen) atoms. The average molecular weight is 229 g/mol. The molecule has 0 N–H and O–H groups in total. The van der Waals surface area contributed by atoms with Gasteiger partial charge in [-0.25, -0.2) is 0 Å². The summed E-state index contributed by atoms with van der Waals surface area (Å²) in [6, 6.07) is 0. The van der Waals surface area contributed by atoms with Crippen LogP contribution in [0.1, 0.15) is 0 Å². The van der Waals surface area contributed by atoms with Crippen LogP contribution < -0.4 is 0 Å². The van der Waals surface area contributed by atoms with Crippen molar-refractivity contribution < 1.29 is 4.20 Å². The van der Waals surface area contributed by atoms with Gasteiger partial charge in [0, 0.05) is 0 Å². The molecule has 0 heterocycles. The third-order valence-corrected chi connectivity index (χ3v) is 7.98. The summed E-state index contributed by atoms with van der Waals surface area (Å²) in [5.41, 5.74) is 0. The van der Waals surface area contributed by atoms with Gasteiger partial charge in [0.1, 0.15) is 0 Å². The molecule has 0 radical (unpaired) electrons. The van der Waals surface area contributed by atoms with Gasteiger partial charge in [0.15, 0.2) is 0 Å². The molecular formula is C6H20FN4P2+. The molecule has 80 valence electrons. The molecule has 4 nitrogen and oxygen atoms in total. The molecule has 0 rings (SSSR count). The van der Waals surface area contributed by atoms with E-state index in [1.165, 1.54) is 0 Å². The van der Waals surface area contributed by atoms with Gasteiger partial charge in [-0.05, 0) is 0 Å². The van der Waals surface area contributed by atoms with Gasteiger partial charge >= 0.3 is 81.6 Å². The van der Waals surface area contributed by atoms with Gasteiger partial charge in [-0.1, -0.05) is 0 Å². The molecule has 0 fully saturated rings. The van der Waals surface area contributed by atoms with Crippen LogP contribution >= 0.6 is 16.5 Å². The number of rotatable bonds is 4. The van der Waals surface area contributed by atoms with Gasteiger partial charge in [-0.3, -0.25) is 0 Å². The Labute approximate surface area is 82.3 Å². The molecule has 0 spiro atoms. The predicted octanol–water partition coefficient (Wildman–Crippen LogP) is 1.83. The van der Waals surface area contributed by atoms with Crippen LogP contribution in [0.25, 0.3) is 0 Å². The monoisotopic (exact) mass is 229 g/mol. The zero-order valence-electron chi connectivity index (χ0n) is 9.19. The summed E-state index contributed by atoms with van der Waals surface area (Å²) in [7, 11) is 8.45. The Morgan fingerprint density at radius 2 is 1.15 bits per heavy atom. The number of hydrogen-bond acceptors (Lipinski definition) is 4. The molecule has 0 saturated heterocycles. The Morgan fingerprint density at radius 3 is 1.15 bits per heavy atom. The van der Waals surface area contributed by atoms with E-state index >= 15 is 0 Å². The van der Waals surface area contributed by atoms with Crippen LogP contribution in [0.4, 0.5) is 4.20 Å². The Balaban J connectivity index is 5.46. The Bertz CT molecular complexity index is 182. The second kappa shape index (κ2) is 3.84. The fraction of sp³-hybridized carbons (Fsp3) is 1.00. The summed E-state index contributed by atoms with van der Waals surface area (Å²) >= 11 is 0. The van der Waals surface area contributed by atoms with Crippen molar-refractivity contribution in [1.82, 2.24) is 14.0 Å². The Morgan fingerprint density at radius 1 is 0.923 bits per heavy atom. The van der Waals surface area contributed by atoms with E-state index in [0.29, 0.717) is 0 Å². The van der Waals surface area contributed by atoms with Gasteiger partial charge in [0.25, 0.3) is 0 Å². The van der Waals surface area contributed by atoms with Crippen molar-refractivity contribution in [2.24, 2.45) is 4.52 Å². The third kappa shape index (κ3) is 1.64. The first-order chi connectivity index (χ1) is 5.71. The maximum absolute atomic E-state index is 15.0. The van der Waals surface area contributed by atoms with Crippen LogP contribution in [-0.4, -0.2) is 56.3 Å². The normalized spacial score (nSPS) is 16.3. The molecule has 1 unspecified atom stereocenters. The number of nitrogens with zero attached hydrogens (tertiary/aromatic N) is 4. The summed E-state index contributed by atoms with van der Waals surface area (Å²) in [5, 5.41) is 0. The van der Waals surface area contributed by atoms with Crippen molar-refractivity contribution in [2.45, 2.75) is 0 Å². The minimum absolute atomic E-state index is 1.54. The molecule has 0 bridgehead atoms. The van der Waals surface area contributed by atoms with Crippen LogP contribution in [-0.2, 0) is 0 Å². The van der Waals surface area contributed by atoms with Crippen LogP contribution in [0, 0.1) is 0 Å². The molecular weight excluding hydrogens is 209 g/mol. The first kappa shape index (κ1) is 13.3. The minimum atomic E-state index is -3.89. The first-order valence-corrected chi connectivity index (χ1v) is 6.36. The van der Waals surface area contributed by atoms with E-state index in [9.17, 15) is 4.20 Å². The second-order valence-electron chi connectivity index (χ2n) is 3.50. The quantitative estimate of drug-likeness (QED) is 0.686. The Hall–Kier alpha value is 0.340. The summed E-state index contributed by atoms with van der Waals surface area (Å²) < 4.78 is 23.5. The third-order valence-electron chi connectivity index (χ3n) is 2.26. The van der Waals surface area contributed by atoms with Gasteiger partial charge in [0.2, 0.25) is 0 Å². The first-order valence-electron chi connectivity index (χ1n) is 3.91. The van der Waals surface area contributed by atoms with Gasteiger partial charge < -0.3 is 0 Å². The molecule has 0 amide bonds. The molecule has 0 aromatic carbocycles. The van der Waals surface area contributed by atoms with Gasteiger partial charge in [-0.2, -0.15) is 0 Å². The molecule has 0 aromatic rings. The number of hydrogen-bond donors (Lipinski definition) is 0. The SMILES string of the molecule is CN(C)P(F)(N=[PH2+])(N(C)C)N(C)C. The summed E-state index contributed by atoms with van der Waals surface area (Å²) in [6.45, 7) is 0. The fourth-order valence-electron chi connectivity index (χ4n) is 1.38. The van der Waals surface area contributed by atoms with E-state index in [1.807, 2.05) is 0 Å². The average Bonchev–Trinajstić information content (AvgIpc) is 2.01. The van der Waals surface area contributed by atoms with Gasteiger partial charge in [0.05, 0.1) is 0 Å². The molecule has 0 aliphatic heterocycles. The van der Waals surface area contributed by atoms with Crippen molar-refractivity contribution >= 4 is 16.5 Å². The van der Waals surface area contributed by atoms with E-state index in [2.05, 4.69) is 13.5 Å². The van der Waals surface area contributed by atoms with Crippen LogP contribution in [0.2, 0.25) is 0 Å². The summed E-state index contributed by atoms with van der Waals surface area (Å²) in [6.07, 6.45) is 0. The molecule has 0 aromatic heterocycles. The van der Waals surface area contributed by atoms with Crippen molar-refractivity contribution in [3.63, 3.8) is 0 Å². The molecule has 0 aliphatic carbocycles. The van der Waals surface area contributed by atoms with Gasteiger partial charge in [-0.15, -0.1) is 0 Å². The van der Waals surface area contributed by atoms with E-state index in [-0.39, 0.29) is 0 Å². The van der Waals surface area contributed by atoms with Crippen LogP contribution in [0.3, 0.4) is 0 Å². The predicted molar refractivity (Wildman–Crippen MR) is 61.2 cm³/mol. The molecule has 1 atom stereocenters. The van der Waals surface area contributed by atoms with Crippen molar-refractivity contribution in [3.05, 3.63) is 0 Å². The van der Waals surface area contributed by atoms with Crippen molar-refractivity contribution in [2.75, 3.05) is 42.3 Å². The zero-order chi connectivity index (χ0) is 10.9. The maximum atomic E-state index is 15.0. The standard InChI is InChI=1S/C6H19FN4P2/c1-9(2)13(7,8-12,10(3)4)11(5)6/h12H,1-6H3/p+1.